The van der Waals surface area contributed by atoms with Crippen molar-refractivity contribution in [1.82, 2.24) is 10.3 Å². The number of halogens is 3. The molecular formula is C18H18F3N3O2. The number of anilines is 1. The van der Waals surface area contributed by atoms with Crippen molar-refractivity contribution in [1.29, 1.82) is 0 Å². The number of hydrogen-bond donors (Lipinski definition) is 2. The average Bonchev–Trinajstić information content (AvgIpc) is 2.61. The molecule has 0 fully saturated rings. The number of nitrogens with zero attached hydrogens (tertiary/aromatic N) is 1. The highest BCUT2D eigenvalue weighted by Gasteiger charge is 2.30. The zero-order chi connectivity index (χ0) is 19.3. The summed E-state index contributed by atoms with van der Waals surface area (Å²) in [6.45, 7) is 3.27. The highest BCUT2D eigenvalue weighted by atomic mass is 19.4. The average molecular weight is 365 g/mol. The third-order valence-corrected chi connectivity index (χ3v) is 3.67. The fraction of sp³-hybridized carbons (Fsp3) is 0.278. The van der Waals surface area contributed by atoms with Gasteiger partial charge < -0.3 is 10.6 Å². The van der Waals surface area contributed by atoms with Crippen LogP contribution in [0.2, 0.25) is 0 Å². The van der Waals surface area contributed by atoms with Crippen molar-refractivity contribution in [2.75, 3.05) is 5.32 Å². The summed E-state index contributed by atoms with van der Waals surface area (Å²) in [4.78, 5) is 27.7. The maximum absolute atomic E-state index is 12.8. The Morgan fingerprint density at radius 3 is 2.58 bits per heavy atom. The lowest BCUT2D eigenvalue weighted by atomic mass is 10.0. The van der Waals surface area contributed by atoms with Gasteiger partial charge in [-0.05, 0) is 36.8 Å². The number of nitrogens with one attached hydrogen (secondary N) is 2. The van der Waals surface area contributed by atoms with Crippen LogP contribution in [0.3, 0.4) is 0 Å². The fourth-order valence-electron chi connectivity index (χ4n) is 2.22. The summed E-state index contributed by atoms with van der Waals surface area (Å²) in [7, 11) is 0. The van der Waals surface area contributed by atoms with Gasteiger partial charge in [0.2, 0.25) is 5.91 Å². The molecule has 1 aromatic carbocycles. The van der Waals surface area contributed by atoms with Crippen molar-refractivity contribution in [3.8, 4) is 0 Å². The number of benzene rings is 1. The molecule has 0 saturated carbocycles. The van der Waals surface area contributed by atoms with E-state index in [4.69, 9.17) is 0 Å². The van der Waals surface area contributed by atoms with Crippen LogP contribution in [0.25, 0.3) is 0 Å². The Bertz CT molecular complexity index is 806. The zero-order valence-electron chi connectivity index (χ0n) is 14.2. The van der Waals surface area contributed by atoms with Crippen LogP contribution >= 0.6 is 0 Å². The molecule has 0 aliphatic rings. The normalized spacial score (nSPS) is 12.3. The summed E-state index contributed by atoms with van der Waals surface area (Å²) < 4.78 is 38.4. The van der Waals surface area contributed by atoms with Crippen LogP contribution in [-0.4, -0.2) is 16.8 Å². The minimum atomic E-state index is -4.45. The number of carbonyl (C=O) groups is 2. The number of aromatic nitrogens is 1. The quantitative estimate of drug-likeness (QED) is 0.843. The molecule has 5 nitrogen and oxygen atoms in total. The van der Waals surface area contributed by atoms with E-state index in [1.165, 1.54) is 30.5 Å². The molecule has 0 spiro atoms. The molecule has 1 aromatic heterocycles. The van der Waals surface area contributed by atoms with Gasteiger partial charge >= 0.3 is 6.18 Å². The molecule has 0 saturated heterocycles. The largest absolute Gasteiger partial charge is 0.416 e. The summed E-state index contributed by atoms with van der Waals surface area (Å²) >= 11 is 0. The molecule has 0 aliphatic carbocycles. The van der Waals surface area contributed by atoms with Gasteiger partial charge in [-0.25, -0.2) is 4.98 Å². The van der Waals surface area contributed by atoms with Gasteiger partial charge in [-0.1, -0.05) is 19.1 Å². The minimum absolute atomic E-state index is 0.233. The molecule has 2 rings (SSSR count). The molecule has 2 N–H and O–H groups in total. The van der Waals surface area contributed by atoms with Crippen molar-refractivity contribution in [3.63, 3.8) is 0 Å². The molecule has 1 unspecified atom stereocenters. The van der Waals surface area contributed by atoms with Gasteiger partial charge in [0.15, 0.2) is 0 Å². The molecule has 0 radical (unpaired) electrons. The lowest BCUT2D eigenvalue weighted by Gasteiger charge is -2.16. The van der Waals surface area contributed by atoms with Crippen molar-refractivity contribution >= 4 is 17.6 Å². The monoisotopic (exact) mass is 365 g/mol. The summed E-state index contributed by atoms with van der Waals surface area (Å²) in [6, 6.07) is 7.02. The fourth-order valence-corrected chi connectivity index (χ4v) is 2.22. The summed E-state index contributed by atoms with van der Waals surface area (Å²) in [5, 5.41) is 5.18. The van der Waals surface area contributed by atoms with Crippen LogP contribution in [0.5, 0.6) is 0 Å². The Hall–Kier alpha value is -2.90. The number of pyridine rings is 1. The van der Waals surface area contributed by atoms with E-state index >= 15 is 0 Å². The van der Waals surface area contributed by atoms with Crippen molar-refractivity contribution in [2.24, 2.45) is 0 Å². The first-order chi connectivity index (χ1) is 12.2. The lowest BCUT2D eigenvalue weighted by Crippen LogP contribution is -2.27. The second kappa shape index (κ2) is 7.99. The van der Waals surface area contributed by atoms with Gasteiger partial charge in [-0.3, -0.25) is 9.59 Å². The molecule has 138 valence electrons. The molecule has 26 heavy (non-hydrogen) atoms. The minimum Gasteiger partial charge on any atom is -0.346 e. The smallest absolute Gasteiger partial charge is 0.346 e. The maximum atomic E-state index is 12.8. The molecule has 2 amide bonds. The van der Waals surface area contributed by atoms with Crippen LogP contribution in [0.1, 0.15) is 47.8 Å². The number of hydrogen-bond acceptors (Lipinski definition) is 3. The van der Waals surface area contributed by atoms with Crippen molar-refractivity contribution < 1.29 is 22.8 Å². The lowest BCUT2D eigenvalue weighted by molar-refractivity contribution is -0.137. The van der Waals surface area contributed by atoms with E-state index in [2.05, 4.69) is 15.6 Å². The second-order valence-corrected chi connectivity index (χ2v) is 5.65. The third-order valence-electron chi connectivity index (χ3n) is 3.67. The highest BCUT2D eigenvalue weighted by molar-refractivity contribution is 5.96. The van der Waals surface area contributed by atoms with Crippen LogP contribution in [0.4, 0.5) is 19.0 Å². The number of amides is 2. The summed E-state index contributed by atoms with van der Waals surface area (Å²) in [6.07, 6.45) is -2.81. The van der Waals surface area contributed by atoms with Gasteiger partial charge in [0.05, 0.1) is 11.6 Å². The van der Waals surface area contributed by atoms with Crippen LogP contribution in [0, 0.1) is 0 Å². The number of rotatable bonds is 5. The first kappa shape index (κ1) is 19.4. The van der Waals surface area contributed by atoms with E-state index in [1.54, 1.807) is 13.8 Å². The van der Waals surface area contributed by atoms with Crippen molar-refractivity contribution in [3.05, 3.63) is 59.3 Å². The van der Waals surface area contributed by atoms with Gasteiger partial charge in [-0.2, -0.15) is 13.2 Å². The van der Waals surface area contributed by atoms with Crippen LogP contribution in [0.15, 0.2) is 42.6 Å². The Kier molecular flexibility index (Phi) is 5.97. The highest BCUT2D eigenvalue weighted by Crippen LogP contribution is 2.30. The Labute approximate surface area is 148 Å². The zero-order valence-corrected chi connectivity index (χ0v) is 14.2. The Morgan fingerprint density at radius 2 is 1.92 bits per heavy atom. The van der Waals surface area contributed by atoms with Gasteiger partial charge in [-0.15, -0.1) is 0 Å². The molecule has 0 aliphatic heterocycles. The molecule has 8 heteroatoms. The van der Waals surface area contributed by atoms with E-state index in [1.807, 2.05) is 0 Å². The van der Waals surface area contributed by atoms with Gasteiger partial charge in [0, 0.05) is 18.2 Å². The molecule has 1 atom stereocenters. The SMILES string of the molecule is CCC(=O)Nc1cc(C(=O)NC(C)c2cccc(C(F)(F)F)c2)ccn1. The summed E-state index contributed by atoms with van der Waals surface area (Å²) in [5.41, 5.74) is -0.198. The Morgan fingerprint density at radius 1 is 1.19 bits per heavy atom. The second-order valence-electron chi connectivity index (χ2n) is 5.65. The predicted octanol–water partition coefficient (Wildman–Crippen LogP) is 3.94. The topological polar surface area (TPSA) is 71.1 Å². The predicted molar refractivity (Wildman–Crippen MR) is 90.5 cm³/mol. The van der Waals surface area contributed by atoms with E-state index in [9.17, 15) is 22.8 Å². The first-order valence-corrected chi connectivity index (χ1v) is 7.94. The van der Waals surface area contributed by atoms with E-state index < -0.39 is 23.7 Å². The van der Waals surface area contributed by atoms with Gasteiger partial charge in [0.1, 0.15) is 5.82 Å². The standard InChI is InChI=1S/C18H18F3N3O2/c1-3-16(25)24-15-10-13(7-8-22-15)17(26)23-11(2)12-5-4-6-14(9-12)18(19,20)21/h4-11H,3H2,1-2H3,(H,23,26)(H,22,24,25). The number of alkyl halides is 3. The molecule has 0 bridgehead atoms. The summed E-state index contributed by atoms with van der Waals surface area (Å²) in [5.74, 6) is -0.493. The Balaban J connectivity index is 2.12. The number of carbonyl (C=O) groups excluding carboxylic acids is 2. The third kappa shape index (κ3) is 5.05. The van der Waals surface area contributed by atoms with Crippen LogP contribution < -0.4 is 10.6 Å². The van der Waals surface area contributed by atoms with Crippen LogP contribution in [-0.2, 0) is 11.0 Å². The van der Waals surface area contributed by atoms with Gasteiger partial charge in [0.25, 0.3) is 5.91 Å². The van der Waals surface area contributed by atoms with E-state index in [-0.39, 0.29) is 23.7 Å². The first-order valence-electron chi connectivity index (χ1n) is 7.94. The maximum Gasteiger partial charge on any atom is 0.416 e. The molecular weight excluding hydrogens is 347 g/mol. The molecule has 1 heterocycles. The van der Waals surface area contributed by atoms with E-state index in [0.29, 0.717) is 5.56 Å². The van der Waals surface area contributed by atoms with Crippen molar-refractivity contribution in [2.45, 2.75) is 32.5 Å². The molecule has 2 aromatic rings. The van der Waals surface area contributed by atoms with E-state index in [0.717, 1.165) is 12.1 Å².